The van der Waals surface area contributed by atoms with E-state index in [2.05, 4.69) is 48.6 Å². The molecule has 0 radical (unpaired) electrons. The lowest BCUT2D eigenvalue weighted by Gasteiger charge is -2.29. The number of thiophene rings is 1. The van der Waals surface area contributed by atoms with Crippen LogP contribution in [0.15, 0.2) is 35.2 Å². The van der Waals surface area contributed by atoms with Crippen molar-refractivity contribution in [2.75, 3.05) is 20.6 Å². The Morgan fingerprint density at radius 2 is 2.05 bits per heavy atom. The molecule has 0 aliphatic heterocycles. The normalized spacial score (nSPS) is 24.1. The van der Waals surface area contributed by atoms with Crippen LogP contribution in [-0.4, -0.2) is 25.5 Å². The third-order valence-electron chi connectivity index (χ3n) is 5.16. The molecule has 1 saturated carbocycles. The van der Waals surface area contributed by atoms with Crippen LogP contribution in [0, 0.1) is 11.8 Å². The summed E-state index contributed by atoms with van der Waals surface area (Å²) in [5, 5.41) is 3.71. The Hall–Kier alpha value is -0.830. The van der Waals surface area contributed by atoms with Gasteiger partial charge in [-0.1, -0.05) is 17.7 Å². The smallest absolute Gasteiger partial charge is 0.0348 e. The van der Waals surface area contributed by atoms with E-state index < -0.39 is 0 Å². The fourth-order valence-corrected chi connectivity index (χ4v) is 5.25. The Kier molecular flexibility index (Phi) is 4.63. The van der Waals surface area contributed by atoms with Crippen molar-refractivity contribution in [1.29, 1.82) is 0 Å². The molecule has 3 heteroatoms. The van der Waals surface area contributed by atoms with Crippen molar-refractivity contribution in [1.82, 2.24) is 4.90 Å². The number of likely N-dealkylation sites (N-methyl/N-ethyl adjacent to an activating group) is 1. The standard InChI is InChI=1S/C19H23NS.ClH/c1-20(2)12-15-11-13-6-7-14(10-13)19(15)17-4-3-5-18-16(17)8-9-21-18;/h3-5,8-9,13-14H,6-7,10-12H2,1-2H3;1H/t13-,14-;/m0./s1. The minimum Gasteiger partial charge on any atom is -0.305 e. The molecule has 1 fully saturated rings. The van der Waals surface area contributed by atoms with Crippen LogP contribution < -0.4 is 0 Å². The fourth-order valence-electron chi connectivity index (χ4n) is 4.44. The molecule has 0 amide bonds. The average molecular weight is 334 g/mol. The van der Waals surface area contributed by atoms with Crippen molar-refractivity contribution in [2.24, 2.45) is 11.8 Å². The highest BCUT2D eigenvalue weighted by Crippen LogP contribution is 2.50. The maximum atomic E-state index is 2.36. The molecule has 22 heavy (non-hydrogen) atoms. The molecular weight excluding hydrogens is 310 g/mol. The van der Waals surface area contributed by atoms with Gasteiger partial charge in [0, 0.05) is 11.2 Å². The number of allylic oxidation sites excluding steroid dienone is 1. The summed E-state index contributed by atoms with van der Waals surface area (Å²) in [5.41, 5.74) is 4.93. The lowest BCUT2D eigenvalue weighted by atomic mass is 9.79. The third kappa shape index (κ3) is 2.73. The Morgan fingerprint density at radius 1 is 1.18 bits per heavy atom. The van der Waals surface area contributed by atoms with Gasteiger partial charge in [0.05, 0.1) is 0 Å². The Labute approximate surface area is 143 Å². The van der Waals surface area contributed by atoms with E-state index in [0.29, 0.717) is 0 Å². The van der Waals surface area contributed by atoms with Crippen molar-refractivity contribution in [3.63, 3.8) is 0 Å². The number of hydrogen-bond donors (Lipinski definition) is 0. The minimum absolute atomic E-state index is 0. The molecule has 4 rings (SSSR count). The van der Waals surface area contributed by atoms with E-state index >= 15 is 0 Å². The van der Waals surface area contributed by atoms with E-state index in [0.717, 1.165) is 18.4 Å². The van der Waals surface area contributed by atoms with Gasteiger partial charge < -0.3 is 4.90 Å². The molecular formula is C19H24ClNS. The van der Waals surface area contributed by atoms with Gasteiger partial charge in [0.1, 0.15) is 0 Å². The predicted molar refractivity (Wildman–Crippen MR) is 100.0 cm³/mol. The predicted octanol–water partition coefficient (Wildman–Crippen LogP) is 5.46. The van der Waals surface area contributed by atoms with E-state index in [4.69, 9.17) is 0 Å². The highest BCUT2D eigenvalue weighted by molar-refractivity contribution is 7.17. The molecule has 1 nitrogen and oxygen atoms in total. The molecule has 2 aliphatic carbocycles. The highest BCUT2D eigenvalue weighted by Gasteiger charge is 2.35. The number of halogens is 1. The van der Waals surface area contributed by atoms with Gasteiger partial charge in [-0.2, -0.15) is 0 Å². The second-order valence-corrected chi connectivity index (χ2v) is 7.92. The van der Waals surface area contributed by atoms with Crippen LogP contribution in [0.25, 0.3) is 15.7 Å². The summed E-state index contributed by atoms with van der Waals surface area (Å²) < 4.78 is 1.43. The first-order valence-electron chi connectivity index (χ1n) is 8.05. The van der Waals surface area contributed by atoms with Crippen LogP contribution >= 0.6 is 23.7 Å². The Bertz CT molecular complexity index is 700. The lowest BCUT2D eigenvalue weighted by Crippen LogP contribution is -2.21. The molecule has 0 unspecified atom stereocenters. The Balaban J connectivity index is 0.00000144. The van der Waals surface area contributed by atoms with Crippen molar-refractivity contribution in [3.8, 4) is 0 Å². The summed E-state index contributed by atoms with van der Waals surface area (Å²) in [6.45, 7) is 1.13. The monoisotopic (exact) mass is 333 g/mol. The third-order valence-corrected chi connectivity index (χ3v) is 6.04. The molecule has 2 aromatic rings. The first-order valence-corrected chi connectivity index (χ1v) is 8.93. The molecule has 1 aromatic carbocycles. The zero-order chi connectivity index (χ0) is 14.4. The quantitative estimate of drug-likeness (QED) is 0.721. The van der Waals surface area contributed by atoms with E-state index in [1.807, 2.05) is 11.3 Å². The minimum atomic E-state index is 0. The van der Waals surface area contributed by atoms with Gasteiger partial charge in [0.25, 0.3) is 0 Å². The summed E-state index contributed by atoms with van der Waals surface area (Å²) in [5.74, 6) is 1.76. The zero-order valence-electron chi connectivity index (χ0n) is 13.3. The van der Waals surface area contributed by atoms with Crippen molar-refractivity contribution in [2.45, 2.75) is 25.7 Å². The molecule has 0 saturated heterocycles. The molecule has 0 spiro atoms. The summed E-state index contributed by atoms with van der Waals surface area (Å²) >= 11 is 1.87. The van der Waals surface area contributed by atoms with Crippen molar-refractivity contribution < 1.29 is 0 Å². The van der Waals surface area contributed by atoms with Crippen LogP contribution in [0.5, 0.6) is 0 Å². The fraction of sp³-hybridized carbons (Fsp3) is 0.474. The van der Waals surface area contributed by atoms with Gasteiger partial charge >= 0.3 is 0 Å². The molecule has 1 heterocycles. The second-order valence-electron chi connectivity index (χ2n) is 6.97. The van der Waals surface area contributed by atoms with Gasteiger partial charge in [-0.25, -0.2) is 0 Å². The number of rotatable bonds is 3. The van der Waals surface area contributed by atoms with E-state index in [1.54, 1.807) is 11.1 Å². The molecule has 2 aliphatic rings. The molecule has 118 valence electrons. The van der Waals surface area contributed by atoms with E-state index in [1.165, 1.54) is 41.3 Å². The first kappa shape index (κ1) is 16.0. The number of benzene rings is 1. The first-order chi connectivity index (χ1) is 10.2. The number of hydrogen-bond acceptors (Lipinski definition) is 2. The van der Waals surface area contributed by atoms with Gasteiger partial charge in [0.15, 0.2) is 0 Å². The molecule has 2 atom stereocenters. The van der Waals surface area contributed by atoms with Crippen LogP contribution in [0.2, 0.25) is 0 Å². The van der Waals surface area contributed by atoms with Gasteiger partial charge in [-0.15, -0.1) is 23.7 Å². The van der Waals surface area contributed by atoms with Gasteiger partial charge in [-0.3, -0.25) is 0 Å². The maximum Gasteiger partial charge on any atom is 0.0348 e. The van der Waals surface area contributed by atoms with Crippen LogP contribution in [-0.2, 0) is 0 Å². The SMILES string of the molecule is CN(C)CC1=C(c2cccc3sccc23)[C@H]2CC[C@H](C1)C2.Cl. The summed E-state index contributed by atoms with van der Waals surface area (Å²) in [6.07, 6.45) is 5.58. The van der Waals surface area contributed by atoms with Crippen LogP contribution in [0.4, 0.5) is 0 Å². The van der Waals surface area contributed by atoms with Crippen molar-refractivity contribution in [3.05, 3.63) is 40.8 Å². The Morgan fingerprint density at radius 3 is 2.86 bits per heavy atom. The number of nitrogens with zero attached hydrogens (tertiary/aromatic N) is 1. The highest BCUT2D eigenvalue weighted by atomic mass is 35.5. The van der Waals surface area contributed by atoms with Crippen molar-refractivity contribution >= 4 is 39.4 Å². The maximum absolute atomic E-state index is 2.36. The molecule has 2 bridgehead atoms. The topological polar surface area (TPSA) is 3.24 Å². The van der Waals surface area contributed by atoms with Crippen LogP contribution in [0.1, 0.15) is 31.2 Å². The summed E-state index contributed by atoms with van der Waals surface area (Å²) in [6, 6.07) is 9.18. The summed E-state index contributed by atoms with van der Waals surface area (Å²) in [7, 11) is 4.40. The largest absolute Gasteiger partial charge is 0.305 e. The molecule has 1 aromatic heterocycles. The zero-order valence-corrected chi connectivity index (χ0v) is 15.0. The van der Waals surface area contributed by atoms with Gasteiger partial charge in [-0.05, 0) is 85.7 Å². The van der Waals surface area contributed by atoms with Gasteiger partial charge in [0.2, 0.25) is 0 Å². The number of fused-ring (bicyclic) bond motifs is 3. The second kappa shape index (κ2) is 6.35. The molecule has 0 N–H and O–H groups in total. The lowest BCUT2D eigenvalue weighted by molar-refractivity contribution is 0.413. The van der Waals surface area contributed by atoms with E-state index in [9.17, 15) is 0 Å². The van der Waals surface area contributed by atoms with E-state index in [-0.39, 0.29) is 12.4 Å². The van der Waals surface area contributed by atoms with Crippen LogP contribution in [0.3, 0.4) is 0 Å². The summed E-state index contributed by atoms with van der Waals surface area (Å²) in [4.78, 5) is 2.34. The average Bonchev–Trinajstić information content (AvgIpc) is 3.05.